The van der Waals surface area contributed by atoms with Crippen LogP contribution in [-0.4, -0.2) is 67.8 Å². The van der Waals surface area contributed by atoms with E-state index in [0.717, 1.165) is 19.3 Å². The van der Waals surface area contributed by atoms with Crippen molar-refractivity contribution in [2.75, 3.05) is 6.61 Å². The van der Waals surface area contributed by atoms with Gasteiger partial charge in [0.25, 0.3) is 0 Å². The third-order valence-corrected chi connectivity index (χ3v) is 2.28. The Morgan fingerprint density at radius 2 is 1.57 bits per heavy atom. The van der Waals surface area contributed by atoms with Gasteiger partial charge in [0.05, 0.1) is 6.61 Å². The minimum Gasteiger partial charge on any atom is -0.303 e. The molecular formula is C8H19KO4P. The molecule has 6 heteroatoms. The predicted molar refractivity (Wildman–Crippen MR) is 57.1 cm³/mol. The molecule has 0 saturated heterocycles. The molecule has 4 nitrogen and oxygen atoms in total. The molecule has 14 heavy (non-hydrogen) atoms. The van der Waals surface area contributed by atoms with Crippen LogP contribution in [0, 0.1) is 0 Å². The quantitative estimate of drug-likeness (QED) is 0.392. The van der Waals surface area contributed by atoms with E-state index in [0.29, 0.717) is 0 Å². The van der Waals surface area contributed by atoms with Gasteiger partial charge in [0.1, 0.15) is 0 Å². The summed E-state index contributed by atoms with van der Waals surface area (Å²) in [6, 6.07) is 0. The fourth-order valence-electron chi connectivity index (χ4n) is 1.07. The maximum Gasteiger partial charge on any atom is 0.469 e. The van der Waals surface area contributed by atoms with E-state index in [1.807, 2.05) is 0 Å². The summed E-state index contributed by atoms with van der Waals surface area (Å²) in [4.78, 5) is 16.7. The summed E-state index contributed by atoms with van der Waals surface area (Å²) >= 11 is 0. The molecule has 81 valence electrons. The van der Waals surface area contributed by atoms with Gasteiger partial charge in [-0.1, -0.05) is 39.0 Å². The van der Waals surface area contributed by atoms with Crippen molar-refractivity contribution in [3.05, 3.63) is 0 Å². The topological polar surface area (TPSA) is 66.8 Å². The van der Waals surface area contributed by atoms with E-state index in [4.69, 9.17) is 9.79 Å². The second-order valence-electron chi connectivity index (χ2n) is 3.09. The standard InChI is InChI=1S/C8H19O4P.K/c1-2-3-4-5-6-7-8-12-13(9,10)11;/h2-8H2,1H3,(H2,9,10,11);. The summed E-state index contributed by atoms with van der Waals surface area (Å²) in [6.45, 7) is 2.31. The molecule has 0 aliphatic heterocycles. The van der Waals surface area contributed by atoms with Crippen LogP contribution in [0.5, 0.6) is 0 Å². The van der Waals surface area contributed by atoms with Crippen LogP contribution in [0.25, 0.3) is 0 Å². The van der Waals surface area contributed by atoms with Crippen molar-refractivity contribution in [3.8, 4) is 0 Å². The molecule has 0 rings (SSSR count). The molecule has 0 bridgehead atoms. The van der Waals surface area contributed by atoms with Gasteiger partial charge < -0.3 is 9.79 Å². The first-order chi connectivity index (χ1) is 6.06. The molecule has 1 radical (unpaired) electrons. The van der Waals surface area contributed by atoms with Crippen LogP contribution in [0.4, 0.5) is 0 Å². The van der Waals surface area contributed by atoms with Crippen molar-refractivity contribution in [1.82, 2.24) is 0 Å². The maximum atomic E-state index is 10.2. The smallest absolute Gasteiger partial charge is 0.303 e. The van der Waals surface area contributed by atoms with Crippen LogP contribution >= 0.6 is 7.82 Å². The van der Waals surface area contributed by atoms with E-state index in [9.17, 15) is 4.57 Å². The first-order valence-electron chi connectivity index (χ1n) is 4.76. The van der Waals surface area contributed by atoms with Crippen molar-refractivity contribution in [1.29, 1.82) is 0 Å². The van der Waals surface area contributed by atoms with Crippen molar-refractivity contribution >= 4 is 59.2 Å². The Morgan fingerprint density at radius 1 is 1.07 bits per heavy atom. The van der Waals surface area contributed by atoms with Gasteiger partial charge in [-0.3, -0.25) is 4.52 Å². The second kappa shape index (κ2) is 11.2. The Kier molecular flexibility index (Phi) is 14.5. The molecule has 0 aromatic rings. The van der Waals surface area contributed by atoms with Gasteiger partial charge in [-0.25, -0.2) is 4.57 Å². The van der Waals surface area contributed by atoms with Gasteiger partial charge >= 0.3 is 7.82 Å². The van der Waals surface area contributed by atoms with Gasteiger partial charge in [-0.15, -0.1) is 0 Å². The van der Waals surface area contributed by atoms with E-state index in [1.54, 1.807) is 0 Å². The third kappa shape index (κ3) is 16.2. The number of rotatable bonds is 8. The summed E-state index contributed by atoms with van der Waals surface area (Å²) in [5.74, 6) is 0. The fourth-order valence-corrected chi connectivity index (χ4v) is 1.43. The molecule has 0 aliphatic rings. The Balaban J connectivity index is 0. The number of hydrogen-bond donors (Lipinski definition) is 2. The molecule has 0 spiro atoms. The number of phosphoric acid groups is 1. The zero-order valence-electron chi connectivity index (χ0n) is 9.11. The maximum absolute atomic E-state index is 10.2. The van der Waals surface area contributed by atoms with Crippen LogP contribution in [0.15, 0.2) is 0 Å². The molecule has 0 fully saturated rings. The molecule has 0 atom stereocenters. The van der Waals surface area contributed by atoms with E-state index in [-0.39, 0.29) is 58.0 Å². The number of phosphoric ester groups is 1. The van der Waals surface area contributed by atoms with Crippen molar-refractivity contribution in [3.63, 3.8) is 0 Å². The van der Waals surface area contributed by atoms with Crippen LogP contribution < -0.4 is 0 Å². The predicted octanol–water partition coefficient (Wildman–Crippen LogP) is 2.08. The molecule has 0 unspecified atom stereocenters. The average molecular weight is 249 g/mol. The summed E-state index contributed by atoms with van der Waals surface area (Å²) in [7, 11) is -4.23. The Hall–Kier alpha value is 1.75. The van der Waals surface area contributed by atoms with Crippen LogP contribution in [0.2, 0.25) is 0 Å². The van der Waals surface area contributed by atoms with Crippen molar-refractivity contribution in [2.24, 2.45) is 0 Å². The largest absolute Gasteiger partial charge is 0.469 e. The van der Waals surface area contributed by atoms with Gasteiger partial charge in [0, 0.05) is 51.4 Å². The van der Waals surface area contributed by atoms with Crippen LogP contribution in [0.3, 0.4) is 0 Å². The minimum absolute atomic E-state index is 0. The first kappa shape index (κ1) is 18.1. The summed E-state index contributed by atoms with van der Waals surface area (Å²) in [5.41, 5.74) is 0. The van der Waals surface area contributed by atoms with Gasteiger partial charge in [0.2, 0.25) is 0 Å². The Labute approximate surface area is 128 Å². The molecule has 0 amide bonds. The molecule has 2 N–H and O–H groups in total. The van der Waals surface area contributed by atoms with E-state index < -0.39 is 7.82 Å². The average Bonchev–Trinajstić information content (AvgIpc) is 2.01. The van der Waals surface area contributed by atoms with Gasteiger partial charge in [0.15, 0.2) is 0 Å². The normalized spacial score (nSPS) is 11.1. The molecule has 0 aromatic carbocycles. The molecule has 0 aromatic heterocycles. The summed E-state index contributed by atoms with van der Waals surface area (Å²) in [5, 5.41) is 0. The fraction of sp³-hybridized carbons (Fsp3) is 1.00. The van der Waals surface area contributed by atoms with Crippen molar-refractivity contribution in [2.45, 2.75) is 45.4 Å². The zero-order valence-corrected chi connectivity index (χ0v) is 13.1. The zero-order chi connectivity index (χ0) is 10.2. The summed E-state index contributed by atoms with van der Waals surface area (Å²) < 4.78 is 14.5. The minimum atomic E-state index is -4.23. The molecule has 0 aliphatic carbocycles. The molecule has 0 saturated carbocycles. The summed E-state index contributed by atoms with van der Waals surface area (Å²) in [6.07, 6.45) is 6.48. The third-order valence-electron chi connectivity index (χ3n) is 1.76. The monoisotopic (exact) mass is 249 g/mol. The van der Waals surface area contributed by atoms with E-state index >= 15 is 0 Å². The molecular weight excluding hydrogens is 230 g/mol. The Morgan fingerprint density at radius 3 is 2.07 bits per heavy atom. The first-order valence-corrected chi connectivity index (χ1v) is 6.29. The van der Waals surface area contributed by atoms with E-state index in [1.165, 1.54) is 19.3 Å². The van der Waals surface area contributed by atoms with Gasteiger partial charge in [-0.2, -0.15) is 0 Å². The van der Waals surface area contributed by atoms with E-state index in [2.05, 4.69) is 11.4 Å². The number of unbranched alkanes of at least 4 members (excludes halogenated alkanes) is 5. The van der Waals surface area contributed by atoms with Gasteiger partial charge in [-0.05, 0) is 6.42 Å². The number of hydrogen-bond acceptors (Lipinski definition) is 2. The van der Waals surface area contributed by atoms with Crippen LogP contribution in [0.1, 0.15) is 45.4 Å². The molecule has 0 heterocycles. The van der Waals surface area contributed by atoms with Crippen molar-refractivity contribution < 1.29 is 18.9 Å². The van der Waals surface area contributed by atoms with Crippen LogP contribution in [-0.2, 0) is 9.09 Å². The SMILES string of the molecule is CCCCCCCCOP(=O)(O)O.[K]. The second-order valence-corrected chi connectivity index (χ2v) is 4.33. The Bertz CT molecular complexity index is 159.